The molecule has 122 valence electrons. The molecule has 2 N–H and O–H groups in total. The highest BCUT2D eigenvalue weighted by molar-refractivity contribution is 4.60. The fourth-order valence-corrected chi connectivity index (χ4v) is 1.39. The molecule has 0 rings (SSSR count). The van der Waals surface area contributed by atoms with Gasteiger partial charge in [-0.2, -0.15) is 0 Å². The van der Waals surface area contributed by atoms with Crippen molar-refractivity contribution in [3.05, 3.63) is 0 Å². The predicted octanol–water partition coefficient (Wildman–Crippen LogP) is 0.778. The summed E-state index contributed by atoms with van der Waals surface area (Å²) in [4.78, 5) is 0. The van der Waals surface area contributed by atoms with Crippen LogP contribution < -0.4 is 5.32 Å². The van der Waals surface area contributed by atoms with E-state index in [1.807, 2.05) is 7.05 Å². The van der Waals surface area contributed by atoms with Gasteiger partial charge >= 0.3 is 0 Å². The van der Waals surface area contributed by atoms with Crippen LogP contribution in [-0.4, -0.2) is 70.2 Å². The molecule has 0 radical (unpaired) electrons. The van der Waals surface area contributed by atoms with E-state index in [1.54, 1.807) is 21.0 Å². The Labute approximate surface area is 122 Å². The van der Waals surface area contributed by atoms with E-state index in [9.17, 15) is 5.11 Å². The van der Waals surface area contributed by atoms with Gasteiger partial charge in [0.2, 0.25) is 0 Å². The highest BCUT2D eigenvalue weighted by Gasteiger charge is 2.13. The lowest BCUT2D eigenvalue weighted by Crippen LogP contribution is -2.33. The number of methoxy groups -OCH3 is 1. The Kier molecular flexibility index (Phi) is 11.3. The second-order valence-electron chi connectivity index (χ2n) is 5.32. The van der Waals surface area contributed by atoms with E-state index in [2.05, 4.69) is 12.2 Å². The van der Waals surface area contributed by atoms with Crippen LogP contribution in [0.15, 0.2) is 0 Å². The molecule has 0 aliphatic carbocycles. The first-order valence-corrected chi connectivity index (χ1v) is 7.11. The molecule has 0 saturated heterocycles. The Hall–Kier alpha value is -0.240. The zero-order chi connectivity index (χ0) is 15.4. The van der Waals surface area contributed by atoms with E-state index in [0.717, 1.165) is 6.42 Å². The summed E-state index contributed by atoms with van der Waals surface area (Å²) < 4.78 is 21.6. The molecule has 6 nitrogen and oxygen atoms in total. The second kappa shape index (κ2) is 11.4. The summed E-state index contributed by atoms with van der Waals surface area (Å²) in [5.74, 6) is -1.08. The van der Waals surface area contributed by atoms with E-state index >= 15 is 0 Å². The standard InChI is InChI=1S/C14H31NO5/c1-12(15-4)9-19-13(10-17-5)11-18-7-6-8-20-14(2,3)16/h12-13,15-16H,6-11H2,1-5H3. The maximum atomic E-state index is 9.37. The van der Waals surface area contributed by atoms with E-state index in [1.165, 1.54) is 0 Å². The van der Waals surface area contributed by atoms with Crippen molar-refractivity contribution in [1.82, 2.24) is 5.32 Å². The molecule has 20 heavy (non-hydrogen) atoms. The summed E-state index contributed by atoms with van der Waals surface area (Å²) in [5, 5.41) is 12.5. The molecule has 0 aromatic carbocycles. The molecule has 0 aliphatic heterocycles. The normalized spacial score (nSPS) is 15.3. The number of hydrogen-bond donors (Lipinski definition) is 2. The maximum Gasteiger partial charge on any atom is 0.159 e. The van der Waals surface area contributed by atoms with E-state index in [-0.39, 0.29) is 6.10 Å². The molecule has 0 aliphatic rings. The first-order valence-electron chi connectivity index (χ1n) is 7.11. The Bertz CT molecular complexity index is 220. The minimum Gasteiger partial charge on any atom is -0.382 e. The Morgan fingerprint density at radius 1 is 1.15 bits per heavy atom. The van der Waals surface area contributed by atoms with Crippen molar-refractivity contribution in [2.45, 2.75) is 45.1 Å². The average Bonchev–Trinajstić information content (AvgIpc) is 2.38. The van der Waals surface area contributed by atoms with Crippen molar-refractivity contribution < 1.29 is 24.1 Å². The molecule has 0 bridgehead atoms. The summed E-state index contributed by atoms with van der Waals surface area (Å²) in [7, 11) is 3.55. The highest BCUT2D eigenvalue weighted by Crippen LogP contribution is 2.03. The summed E-state index contributed by atoms with van der Waals surface area (Å²) in [6, 6.07) is 0.301. The van der Waals surface area contributed by atoms with Gasteiger partial charge < -0.3 is 29.4 Å². The zero-order valence-corrected chi connectivity index (χ0v) is 13.5. The SMILES string of the molecule is CNC(C)COC(COC)COCCCOC(C)(C)O. The van der Waals surface area contributed by atoms with Crippen LogP contribution in [-0.2, 0) is 18.9 Å². The quantitative estimate of drug-likeness (QED) is 0.386. The van der Waals surface area contributed by atoms with Crippen molar-refractivity contribution in [2.75, 3.05) is 47.2 Å². The number of rotatable bonds is 13. The van der Waals surface area contributed by atoms with Crippen molar-refractivity contribution in [2.24, 2.45) is 0 Å². The smallest absolute Gasteiger partial charge is 0.159 e. The number of nitrogens with one attached hydrogen (secondary N) is 1. The van der Waals surface area contributed by atoms with Gasteiger partial charge in [0, 0.05) is 19.8 Å². The third-order valence-electron chi connectivity index (χ3n) is 2.62. The van der Waals surface area contributed by atoms with Crippen molar-refractivity contribution in [3.63, 3.8) is 0 Å². The average molecular weight is 293 g/mol. The van der Waals surface area contributed by atoms with Crippen molar-refractivity contribution in [3.8, 4) is 0 Å². The van der Waals surface area contributed by atoms with Gasteiger partial charge in [0.25, 0.3) is 0 Å². The van der Waals surface area contributed by atoms with Gasteiger partial charge in [0.15, 0.2) is 5.79 Å². The topological polar surface area (TPSA) is 69.2 Å². The molecule has 0 saturated carbocycles. The van der Waals surface area contributed by atoms with Crippen molar-refractivity contribution >= 4 is 0 Å². The van der Waals surface area contributed by atoms with Gasteiger partial charge in [-0.3, -0.25) is 0 Å². The minimum atomic E-state index is -1.08. The van der Waals surface area contributed by atoms with E-state index in [0.29, 0.717) is 39.1 Å². The van der Waals surface area contributed by atoms with Crippen LogP contribution in [0.1, 0.15) is 27.2 Å². The molecule has 6 heteroatoms. The molecule has 0 heterocycles. The van der Waals surface area contributed by atoms with Crippen LogP contribution >= 0.6 is 0 Å². The number of aliphatic hydroxyl groups is 1. The summed E-state index contributed by atoms with van der Waals surface area (Å²) in [6.45, 7) is 7.94. The van der Waals surface area contributed by atoms with Crippen LogP contribution in [0.4, 0.5) is 0 Å². The van der Waals surface area contributed by atoms with Crippen LogP contribution in [0.2, 0.25) is 0 Å². The minimum absolute atomic E-state index is 0.0639. The van der Waals surface area contributed by atoms with Crippen LogP contribution in [0.3, 0.4) is 0 Å². The van der Waals surface area contributed by atoms with Gasteiger partial charge in [-0.1, -0.05) is 0 Å². The molecule has 0 spiro atoms. The molecular weight excluding hydrogens is 262 g/mol. The van der Waals surface area contributed by atoms with Crippen LogP contribution in [0.5, 0.6) is 0 Å². The monoisotopic (exact) mass is 293 g/mol. The third-order valence-corrected chi connectivity index (χ3v) is 2.62. The van der Waals surface area contributed by atoms with Crippen molar-refractivity contribution in [1.29, 1.82) is 0 Å². The van der Waals surface area contributed by atoms with Gasteiger partial charge in [-0.25, -0.2) is 0 Å². The summed E-state index contributed by atoms with van der Waals surface area (Å²) in [6.07, 6.45) is 0.669. The first kappa shape index (κ1) is 19.8. The van der Waals surface area contributed by atoms with Crippen LogP contribution in [0, 0.1) is 0 Å². The third kappa shape index (κ3) is 12.8. The fraction of sp³-hybridized carbons (Fsp3) is 1.00. The highest BCUT2D eigenvalue weighted by atomic mass is 16.6. The number of hydrogen-bond acceptors (Lipinski definition) is 6. The second-order valence-corrected chi connectivity index (χ2v) is 5.32. The molecule has 2 atom stereocenters. The lowest BCUT2D eigenvalue weighted by Gasteiger charge is -2.20. The zero-order valence-electron chi connectivity index (χ0n) is 13.5. The van der Waals surface area contributed by atoms with E-state index < -0.39 is 5.79 Å². The Balaban J connectivity index is 3.64. The van der Waals surface area contributed by atoms with Gasteiger partial charge in [-0.15, -0.1) is 0 Å². The van der Waals surface area contributed by atoms with Gasteiger partial charge in [-0.05, 0) is 34.2 Å². The molecular formula is C14H31NO5. The summed E-state index contributed by atoms with van der Waals surface area (Å²) in [5.41, 5.74) is 0. The van der Waals surface area contributed by atoms with Gasteiger partial charge in [0.1, 0.15) is 6.10 Å². The molecule has 2 unspecified atom stereocenters. The molecule has 0 fully saturated rings. The molecule has 0 aromatic rings. The Morgan fingerprint density at radius 2 is 1.85 bits per heavy atom. The molecule has 0 aromatic heterocycles. The number of ether oxygens (including phenoxy) is 4. The summed E-state index contributed by atoms with van der Waals surface area (Å²) >= 11 is 0. The van der Waals surface area contributed by atoms with Crippen LogP contribution in [0.25, 0.3) is 0 Å². The van der Waals surface area contributed by atoms with E-state index in [4.69, 9.17) is 18.9 Å². The largest absolute Gasteiger partial charge is 0.382 e. The van der Waals surface area contributed by atoms with Gasteiger partial charge in [0.05, 0.1) is 26.4 Å². The first-order chi connectivity index (χ1) is 9.39. The lowest BCUT2D eigenvalue weighted by molar-refractivity contribution is -0.178. The lowest BCUT2D eigenvalue weighted by atomic mass is 10.3. The molecule has 0 amide bonds. The Morgan fingerprint density at radius 3 is 2.40 bits per heavy atom. The fourth-order valence-electron chi connectivity index (χ4n) is 1.39. The number of likely N-dealkylation sites (N-methyl/N-ethyl adjacent to an activating group) is 1. The predicted molar refractivity (Wildman–Crippen MR) is 77.8 cm³/mol. The maximum absolute atomic E-state index is 9.37.